The summed E-state index contributed by atoms with van der Waals surface area (Å²) in [5.41, 5.74) is 4.48. The molecule has 1 saturated carbocycles. The molecule has 0 aliphatic heterocycles. The van der Waals surface area contributed by atoms with Gasteiger partial charge in [0.15, 0.2) is 5.78 Å². The molecule has 130 valence electrons. The van der Waals surface area contributed by atoms with E-state index in [2.05, 4.69) is 26.8 Å². The Bertz CT molecular complexity index is 805. The number of ketones is 1. The monoisotopic (exact) mass is 335 g/mol. The van der Waals surface area contributed by atoms with Crippen LogP contribution < -0.4 is 0 Å². The Morgan fingerprint density at radius 1 is 1.32 bits per heavy atom. The average Bonchev–Trinajstić information content (AvgIpc) is 3.38. The van der Waals surface area contributed by atoms with E-state index in [1.54, 1.807) is 0 Å². The van der Waals surface area contributed by atoms with Crippen molar-refractivity contribution in [1.82, 2.24) is 9.78 Å². The Kier molecular flexibility index (Phi) is 5.03. The lowest BCUT2D eigenvalue weighted by Gasteiger charge is -2.11. The number of rotatable bonds is 7. The number of hydrogen-bond acceptors (Lipinski definition) is 3. The molecule has 1 aliphatic carbocycles. The molecule has 1 aliphatic rings. The van der Waals surface area contributed by atoms with Gasteiger partial charge >= 0.3 is 0 Å². The molecular formula is C21H25N3O. The first kappa shape index (κ1) is 17.4. The summed E-state index contributed by atoms with van der Waals surface area (Å²) in [7, 11) is 0. The van der Waals surface area contributed by atoms with Crippen molar-refractivity contribution >= 4 is 5.78 Å². The molecule has 0 N–H and O–H groups in total. The van der Waals surface area contributed by atoms with Crippen LogP contribution in [0.4, 0.5) is 0 Å². The molecule has 4 nitrogen and oxygen atoms in total. The SMILES string of the molecule is CCCCC(=O)c1c(C2CC2)c(-c2ccc(C#N)cc2)nn1C(C)C. The van der Waals surface area contributed by atoms with Crippen LogP contribution in [0.3, 0.4) is 0 Å². The van der Waals surface area contributed by atoms with E-state index < -0.39 is 0 Å². The van der Waals surface area contributed by atoms with Crippen molar-refractivity contribution in [3.05, 3.63) is 41.1 Å². The largest absolute Gasteiger partial charge is 0.292 e. The molecule has 1 fully saturated rings. The minimum Gasteiger partial charge on any atom is -0.292 e. The molecular weight excluding hydrogens is 310 g/mol. The van der Waals surface area contributed by atoms with E-state index in [4.69, 9.17) is 10.4 Å². The summed E-state index contributed by atoms with van der Waals surface area (Å²) in [5, 5.41) is 13.9. The van der Waals surface area contributed by atoms with Gasteiger partial charge in [-0.05, 0) is 51.2 Å². The lowest BCUT2D eigenvalue weighted by atomic mass is 9.98. The maximum Gasteiger partial charge on any atom is 0.181 e. The molecule has 0 unspecified atom stereocenters. The van der Waals surface area contributed by atoms with Crippen molar-refractivity contribution in [3.63, 3.8) is 0 Å². The summed E-state index contributed by atoms with van der Waals surface area (Å²) < 4.78 is 1.92. The van der Waals surface area contributed by atoms with E-state index in [1.165, 1.54) is 0 Å². The molecule has 3 rings (SSSR count). The van der Waals surface area contributed by atoms with Crippen LogP contribution >= 0.6 is 0 Å². The molecule has 4 heteroatoms. The number of nitriles is 1. The highest BCUT2D eigenvalue weighted by Gasteiger charge is 2.35. The number of nitrogens with zero attached hydrogens (tertiary/aromatic N) is 3. The zero-order chi connectivity index (χ0) is 18.0. The van der Waals surface area contributed by atoms with E-state index in [1.807, 2.05) is 28.9 Å². The first-order valence-corrected chi connectivity index (χ1v) is 9.23. The molecule has 0 atom stereocenters. The van der Waals surface area contributed by atoms with Crippen LogP contribution in [-0.4, -0.2) is 15.6 Å². The van der Waals surface area contributed by atoms with Crippen LogP contribution in [0, 0.1) is 11.3 Å². The van der Waals surface area contributed by atoms with Gasteiger partial charge in [-0.2, -0.15) is 10.4 Å². The summed E-state index contributed by atoms with van der Waals surface area (Å²) in [6.07, 6.45) is 4.77. The molecule has 1 heterocycles. The molecule has 25 heavy (non-hydrogen) atoms. The van der Waals surface area contributed by atoms with Crippen molar-refractivity contribution in [1.29, 1.82) is 5.26 Å². The van der Waals surface area contributed by atoms with Gasteiger partial charge in [0.05, 0.1) is 17.3 Å². The Labute approximate surface area is 149 Å². The van der Waals surface area contributed by atoms with Crippen LogP contribution in [0.2, 0.25) is 0 Å². The maximum atomic E-state index is 12.9. The summed E-state index contributed by atoms with van der Waals surface area (Å²) in [6, 6.07) is 9.82. The summed E-state index contributed by atoms with van der Waals surface area (Å²) >= 11 is 0. The van der Waals surface area contributed by atoms with E-state index >= 15 is 0 Å². The van der Waals surface area contributed by atoms with Gasteiger partial charge in [-0.15, -0.1) is 0 Å². The van der Waals surface area contributed by atoms with Gasteiger partial charge in [-0.1, -0.05) is 25.5 Å². The highest BCUT2D eigenvalue weighted by atomic mass is 16.1. The summed E-state index contributed by atoms with van der Waals surface area (Å²) in [5.74, 6) is 0.656. The van der Waals surface area contributed by atoms with Gasteiger partial charge in [-0.3, -0.25) is 9.48 Å². The number of benzene rings is 1. The predicted molar refractivity (Wildman–Crippen MR) is 98.6 cm³/mol. The molecule has 0 saturated heterocycles. The quantitative estimate of drug-likeness (QED) is 0.649. The van der Waals surface area contributed by atoms with Crippen LogP contribution in [-0.2, 0) is 0 Å². The van der Waals surface area contributed by atoms with Crippen LogP contribution in [0.15, 0.2) is 24.3 Å². The Balaban J connectivity index is 2.12. The van der Waals surface area contributed by atoms with E-state index in [9.17, 15) is 4.79 Å². The Hall–Kier alpha value is -2.41. The second-order valence-corrected chi connectivity index (χ2v) is 7.14. The van der Waals surface area contributed by atoms with Crippen LogP contribution in [0.5, 0.6) is 0 Å². The fourth-order valence-electron chi connectivity index (χ4n) is 3.23. The number of Topliss-reactive ketones (excluding diaryl/α,β-unsaturated/α-hetero) is 1. The van der Waals surface area contributed by atoms with Gasteiger partial charge in [0.25, 0.3) is 0 Å². The highest BCUT2D eigenvalue weighted by Crippen LogP contribution is 2.46. The molecule has 0 bridgehead atoms. The first-order chi connectivity index (χ1) is 12.1. The second kappa shape index (κ2) is 7.23. The summed E-state index contributed by atoms with van der Waals surface area (Å²) in [4.78, 5) is 12.9. The predicted octanol–water partition coefficient (Wildman–Crippen LogP) is 5.25. The number of hydrogen-bond donors (Lipinski definition) is 0. The minimum atomic E-state index is 0.144. The molecule has 1 aromatic heterocycles. The van der Waals surface area contributed by atoms with E-state index in [0.29, 0.717) is 17.9 Å². The fourth-order valence-corrected chi connectivity index (χ4v) is 3.23. The average molecular weight is 335 g/mol. The standard InChI is InChI=1S/C21H25N3O/c1-4-5-6-18(25)21-19(16-11-12-16)20(23-24(21)14(2)3)17-9-7-15(13-22)8-10-17/h7-10,14,16H,4-6,11-12H2,1-3H3. The third kappa shape index (κ3) is 3.51. The van der Waals surface area contributed by atoms with Gasteiger partial charge < -0.3 is 0 Å². The van der Waals surface area contributed by atoms with Gasteiger partial charge in [0, 0.05) is 23.6 Å². The van der Waals surface area contributed by atoms with Crippen LogP contribution in [0.25, 0.3) is 11.3 Å². The number of aromatic nitrogens is 2. The van der Waals surface area contributed by atoms with E-state index in [0.717, 1.165) is 48.2 Å². The zero-order valence-electron chi connectivity index (χ0n) is 15.2. The van der Waals surface area contributed by atoms with Crippen molar-refractivity contribution in [3.8, 4) is 17.3 Å². The Morgan fingerprint density at radius 2 is 2.00 bits per heavy atom. The fraction of sp³-hybridized carbons (Fsp3) is 0.476. The molecule has 0 radical (unpaired) electrons. The molecule has 1 aromatic carbocycles. The number of carbonyl (C=O) groups is 1. The van der Waals surface area contributed by atoms with Gasteiger partial charge in [0.1, 0.15) is 5.69 Å². The molecule has 0 spiro atoms. The smallest absolute Gasteiger partial charge is 0.181 e. The molecule has 0 amide bonds. The number of unbranched alkanes of at least 4 members (excludes halogenated alkanes) is 1. The van der Waals surface area contributed by atoms with Crippen LogP contribution in [0.1, 0.15) is 86.5 Å². The normalized spacial score (nSPS) is 13.9. The minimum absolute atomic E-state index is 0.144. The third-order valence-electron chi connectivity index (χ3n) is 4.73. The first-order valence-electron chi connectivity index (χ1n) is 9.23. The molecule has 2 aromatic rings. The lowest BCUT2D eigenvalue weighted by Crippen LogP contribution is -2.14. The van der Waals surface area contributed by atoms with Gasteiger partial charge in [0.2, 0.25) is 0 Å². The van der Waals surface area contributed by atoms with Gasteiger partial charge in [-0.25, -0.2) is 0 Å². The topological polar surface area (TPSA) is 58.7 Å². The van der Waals surface area contributed by atoms with Crippen molar-refractivity contribution in [2.24, 2.45) is 0 Å². The lowest BCUT2D eigenvalue weighted by molar-refractivity contribution is 0.0966. The van der Waals surface area contributed by atoms with Crippen molar-refractivity contribution in [2.45, 2.75) is 64.8 Å². The summed E-state index contributed by atoms with van der Waals surface area (Å²) in [6.45, 7) is 6.25. The van der Waals surface area contributed by atoms with Crippen molar-refractivity contribution < 1.29 is 4.79 Å². The Morgan fingerprint density at radius 3 is 2.52 bits per heavy atom. The second-order valence-electron chi connectivity index (χ2n) is 7.14. The zero-order valence-corrected chi connectivity index (χ0v) is 15.2. The highest BCUT2D eigenvalue weighted by molar-refractivity contribution is 5.98. The van der Waals surface area contributed by atoms with E-state index in [-0.39, 0.29) is 11.8 Å². The van der Waals surface area contributed by atoms with Crippen molar-refractivity contribution in [2.75, 3.05) is 0 Å². The third-order valence-corrected chi connectivity index (χ3v) is 4.73. The maximum absolute atomic E-state index is 12.9. The number of carbonyl (C=O) groups excluding carboxylic acids is 1.